The molecular weight excluding hydrogens is 377 g/mol. The van der Waals surface area contributed by atoms with E-state index in [1.54, 1.807) is 18.2 Å². The Morgan fingerprint density at radius 2 is 2.00 bits per heavy atom. The van der Waals surface area contributed by atoms with Gasteiger partial charge in [0.2, 0.25) is 0 Å². The van der Waals surface area contributed by atoms with E-state index in [1.807, 2.05) is 0 Å². The van der Waals surface area contributed by atoms with Gasteiger partial charge in [-0.1, -0.05) is 42.1 Å². The minimum absolute atomic E-state index is 0.0770. The maximum absolute atomic E-state index is 13.6. The molecule has 2 aromatic rings. The summed E-state index contributed by atoms with van der Waals surface area (Å²) in [5.74, 6) is -0.937. The number of hydrogen-bond donors (Lipinski definition) is 0. The lowest BCUT2D eigenvalue weighted by molar-refractivity contribution is -0.384. The molecule has 0 aliphatic carbocycles. The van der Waals surface area contributed by atoms with Gasteiger partial charge in [0.15, 0.2) is 4.32 Å². The van der Waals surface area contributed by atoms with Crippen LogP contribution in [0.3, 0.4) is 0 Å². The smallest absolute Gasteiger partial charge is 0.266 e. The number of hydrogen-bond acceptors (Lipinski definition) is 6. The number of carbonyl (C=O) groups is 1. The Morgan fingerprint density at radius 3 is 2.73 bits per heavy atom. The first kappa shape index (κ1) is 17.9. The van der Waals surface area contributed by atoms with Crippen LogP contribution >= 0.6 is 24.0 Å². The van der Waals surface area contributed by atoms with Gasteiger partial charge in [0.25, 0.3) is 11.6 Å². The number of nitrogens with zero attached hydrogens (tertiary/aromatic N) is 3. The zero-order chi connectivity index (χ0) is 18.7. The van der Waals surface area contributed by atoms with Crippen LogP contribution in [0.4, 0.5) is 10.1 Å². The first-order valence-corrected chi connectivity index (χ1v) is 8.49. The van der Waals surface area contributed by atoms with Crippen LogP contribution in [0.1, 0.15) is 11.1 Å². The van der Waals surface area contributed by atoms with Crippen LogP contribution in [0.2, 0.25) is 0 Å². The topological polar surface area (TPSA) is 75.8 Å². The molecule has 9 heteroatoms. The highest BCUT2D eigenvalue weighted by Gasteiger charge is 2.32. The Bertz CT molecular complexity index is 975. The predicted octanol–water partition coefficient (Wildman–Crippen LogP) is 3.97. The largest absolute Gasteiger partial charge is 0.286 e. The van der Waals surface area contributed by atoms with E-state index in [0.717, 1.165) is 16.8 Å². The number of amides is 1. The molecule has 1 amide bonds. The Hall–Kier alpha value is -2.91. The van der Waals surface area contributed by atoms with Gasteiger partial charge in [-0.2, -0.15) is 10.1 Å². The molecule has 0 radical (unpaired) electrons. The second kappa shape index (κ2) is 7.54. The summed E-state index contributed by atoms with van der Waals surface area (Å²) in [6, 6.07) is 11.9. The van der Waals surface area contributed by atoms with Crippen LogP contribution in [0, 0.1) is 15.9 Å². The van der Waals surface area contributed by atoms with E-state index < -0.39 is 16.6 Å². The van der Waals surface area contributed by atoms with Crippen molar-refractivity contribution in [1.29, 1.82) is 0 Å². The number of carbonyl (C=O) groups excluding carboxylic acids is 1. The van der Waals surface area contributed by atoms with Gasteiger partial charge in [-0.15, -0.1) is 0 Å². The molecule has 0 saturated carbocycles. The third kappa shape index (κ3) is 3.84. The fourth-order valence-electron chi connectivity index (χ4n) is 2.14. The number of benzene rings is 2. The molecule has 0 N–H and O–H groups in total. The predicted molar refractivity (Wildman–Crippen MR) is 102 cm³/mol. The first-order valence-electron chi connectivity index (χ1n) is 7.26. The highest BCUT2D eigenvalue weighted by Crippen LogP contribution is 2.33. The van der Waals surface area contributed by atoms with Crippen LogP contribution in [0.5, 0.6) is 0 Å². The first-order chi connectivity index (χ1) is 12.5. The number of hydrazone groups is 1. The van der Waals surface area contributed by atoms with Crippen molar-refractivity contribution < 1.29 is 14.1 Å². The molecule has 1 aliphatic heterocycles. The fourth-order valence-corrected chi connectivity index (χ4v) is 3.31. The summed E-state index contributed by atoms with van der Waals surface area (Å²) >= 11 is 6.16. The third-order valence-electron chi connectivity index (χ3n) is 3.37. The maximum Gasteiger partial charge on any atom is 0.286 e. The van der Waals surface area contributed by atoms with Crippen molar-refractivity contribution in [2.75, 3.05) is 0 Å². The highest BCUT2D eigenvalue weighted by atomic mass is 32.2. The van der Waals surface area contributed by atoms with Gasteiger partial charge >= 0.3 is 0 Å². The molecule has 0 aromatic heterocycles. The molecule has 0 spiro atoms. The molecule has 0 unspecified atom stereocenters. The Kier molecular flexibility index (Phi) is 5.19. The lowest BCUT2D eigenvalue weighted by Crippen LogP contribution is -2.22. The summed E-state index contributed by atoms with van der Waals surface area (Å²) in [7, 11) is 0. The van der Waals surface area contributed by atoms with E-state index >= 15 is 0 Å². The normalized spacial score (nSPS) is 16.0. The van der Waals surface area contributed by atoms with Crippen molar-refractivity contribution in [3.63, 3.8) is 0 Å². The average Bonchev–Trinajstić information content (AvgIpc) is 2.88. The van der Waals surface area contributed by atoms with Gasteiger partial charge in [-0.05, 0) is 29.9 Å². The maximum atomic E-state index is 13.6. The van der Waals surface area contributed by atoms with Gasteiger partial charge in [-0.25, -0.2) is 4.39 Å². The summed E-state index contributed by atoms with van der Waals surface area (Å²) in [6.07, 6.45) is 2.72. The molecule has 1 heterocycles. The van der Waals surface area contributed by atoms with Crippen LogP contribution in [-0.2, 0) is 4.79 Å². The Balaban J connectivity index is 1.84. The molecule has 26 heavy (non-hydrogen) atoms. The van der Waals surface area contributed by atoms with E-state index in [-0.39, 0.29) is 20.5 Å². The zero-order valence-electron chi connectivity index (χ0n) is 13.0. The summed E-state index contributed by atoms with van der Waals surface area (Å²) < 4.78 is 13.8. The van der Waals surface area contributed by atoms with Gasteiger partial charge in [0.1, 0.15) is 5.82 Å². The Morgan fingerprint density at radius 1 is 1.23 bits per heavy atom. The van der Waals surface area contributed by atoms with Crippen molar-refractivity contribution in [1.82, 2.24) is 5.01 Å². The lowest BCUT2D eigenvalue weighted by atomic mass is 10.2. The van der Waals surface area contributed by atoms with E-state index in [2.05, 4.69) is 5.10 Å². The monoisotopic (exact) mass is 387 g/mol. The number of nitro benzene ring substituents is 1. The molecule has 0 atom stereocenters. The molecular formula is C17H10FN3O3S2. The van der Waals surface area contributed by atoms with Gasteiger partial charge in [-0.3, -0.25) is 14.9 Å². The number of non-ortho nitro benzene ring substituents is 1. The number of nitro groups is 1. The summed E-state index contributed by atoms with van der Waals surface area (Å²) in [5.41, 5.74) is 0.647. The molecule has 0 bridgehead atoms. The van der Waals surface area contributed by atoms with Crippen molar-refractivity contribution in [2.45, 2.75) is 0 Å². The van der Waals surface area contributed by atoms with Gasteiger partial charge in [0, 0.05) is 17.7 Å². The number of halogens is 1. The summed E-state index contributed by atoms with van der Waals surface area (Å²) in [4.78, 5) is 23.1. The summed E-state index contributed by atoms with van der Waals surface area (Å²) in [5, 5.41) is 15.8. The van der Waals surface area contributed by atoms with Crippen LogP contribution < -0.4 is 0 Å². The number of thioether (sulfide) groups is 1. The molecule has 6 nitrogen and oxygen atoms in total. The van der Waals surface area contributed by atoms with E-state index in [0.29, 0.717) is 5.56 Å². The number of rotatable bonds is 4. The molecule has 1 fully saturated rings. The standard InChI is InChI=1S/C17H10FN3O3S2/c18-14-7-2-1-5-12(14)10-19-20-16(22)15(26-17(20)25)9-11-4-3-6-13(8-11)21(23)24/h1-10H/b15-9+,19-10+. The molecule has 2 aromatic carbocycles. The molecule has 3 rings (SSSR count). The lowest BCUT2D eigenvalue weighted by Gasteiger charge is -2.06. The molecule has 1 saturated heterocycles. The van der Waals surface area contributed by atoms with E-state index in [9.17, 15) is 19.3 Å². The second-order valence-corrected chi connectivity index (χ2v) is 6.79. The van der Waals surface area contributed by atoms with Gasteiger partial charge in [0.05, 0.1) is 16.0 Å². The minimum atomic E-state index is -0.513. The zero-order valence-corrected chi connectivity index (χ0v) is 14.7. The van der Waals surface area contributed by atoms with Gasteiger partial charge < -0.3 is 0 Å². The minimum Gasteiger partial charge on any atom is -0.266 e. The quantitative estimate of drug-likeness (QED) is 0.261. The number of thiocarbonyl (C=S) groups is 1. The van der Waals surface area contributed by atoms with Crippen molar-refractivity contribution in [2.24, 2.45) is 5.10 Å². The molecule has 1 aliphatic rings. The van der Waals surface area contributed by atoms with Crippen molar-refractivity contribution in [3.05, 3.63) is 80.5 Å². The van der Waals surface area contributed by atoms with Crippen LogP contribution in [0.15, 0.2) is 58.5 Å². The van der Waals surface area contributed by atoms with Crippen molar-refractivity contribution >= 4 is 52.2 Å². The third-order valence-corrected chi connectivity index (χ3v) is 4.65. The average molecular weight is 387 g/mol. The van der Waals surface area contributed by atoms with E-state index in [4.69, 9.17) is 12.2 Å². The summed E-state index contributed by atoms with van der Waals surface area (Å²) in [6.45, 7) is 0. The Labute approximate surface area is 157 Å². The second-order valence-electron chi connectivity index (χ2n) is 5.11. The molecule has 130 valence electrons. The fraction of sp³-hybridized carbons (Fsp3) is 0. The van der Waals surface area contributed by atoms with E-state index in [1.165, 1.54) is 42.6 Å². The van der Waals surface area contributed by atoms with Crippen molar-refractivity contribution in [3.8, 4) is 0 Å². The van der Waals surface area contributed by atoms with Crippen LogP contribution in [-0.4, -0.2) is 26.4 Å². The SMILES string of the molecule is O=C1/C(=C\c2cccc([N+](=O)[O-])c2)SC(=S)N1/N=C/c1ccccc1F. The van der Waals surface area contributed by atoms with Crippen LogP contribution in [0.25, 0.3) is 6.08 Å². The highest BCUT2D eigenvalue weighted by molar-refractivity contribution is 8.26.